The Balaban J connectivity index is 1.21. The molecule has 2 heterocycles. The van der Waals surface area contributed by atoms with E-state index >= 15 is 0 Å². The fraction of sp³-hybridized carbons (Fsp3) is 0.0714. The maximum absolute atomic E-state index is 12.7. The van der Waals surface area contributed by atoms with Crippen LogP contribution in [0, 0.1) is 6.92 Å². The number of nitrogens with one attached hydrogen (secondary N) is 1. The number of nitrogens with zero attached hydrogens (tertiary/aromatic N) is 3. The highest BCUT2D eigenvalue weighted by molar-refractivity contribution is 7.98. The number of aryl methyl sites for hydroxylation is 1. The minimum Gasteiger partial charge on any atom is -0.416 e. The van der Waals surface area contributed by atoms with Crippen LogP contribution in [0.25, 0.3) is 22.9 Å². The largest absolute Gasteiger partial charge is 0.416 e. The highest BCUT2D eigenvalue weighted by Crippen LogP contribution is 2.27. The van der Waals surface area contributed by atoms with Crippen molar-refractivity contribution in [3.8, 4) is 22.9 Å². The summed E-state index contributed by atoms with van der Waals surface area (Å²) in [7, 11) is 0. The first kappa shape index (κ1) is 22.6. The van der Waals surface area contributed by atoms with Gasteiger partial charge < -0.3 is 9.73 Å². The third kappa shape index (κ3) is 5.47. The van der Waals surface area contributed by atoms with Crippen molar-refractivity contribution in [2.24, 2.45) is 0 Å². The second-order valence-electron chi connectivity index (χ2n) is 7.93. The number of benzene rings is 3. The number of thioether (sulfide) groups is 1. The van der Waals surface area contributed by atoms with Gasteiger partial charge in [0.1, 0.15) is 0 Å². The fourth-order valence-corrected chi connectivity index (χ4v) is 4.35. The maximum atomic E-state index is 12.7. The molecule has 0 unspecified atom stereocenters. The molecule has 7 heteroatoms. The molecule has 1 N–H and O–H groups in total. The first-order valence-corrected chi connectivity index (χ1v) is 12.1. The topological polar surface area (TPSA) is 80.9 Å². The molecule has 5 rings (SSSR count). The third-order valence-corrected chi connectivity index (χ3v) is 6.52. The van der Waals surface area contributed by atoms with Crippen molar-refractivity contribution in [2.45, 2.75) is 17.6 Å². The number of anilines is 1. The molecule has 0 aliphatic heterocycles. The summed E-state index contributed by atoms with van der Waals surface area (Å²) in [4.78, 5) is 18.0. The Kier molecular flexibility index (Phi) is 6.68. The Morgan fingerprint density at radius 2 is 1.66 bits per heavy atom. The molecular weight excluding hydrogens is 456 g/mol. The van der Waals surface area contributed by atoms with E-state index in [2.05, 4.69) is 26.6 Å². The molecular formula is C28H22N4O2S. The standard InChI is InChI=1S/C28H22N4O2S/c1-19-5-2-3-7-25(19)28-32-31-27(34-28)22-10-8-21(9-11-22)26(33)30-23-12-14-24(15-13-23)35-18-20-6-4-16-29-17-20/h2-17H,18H2,1H3,(H,30,33). The molecule has 0 saturated carbocycles. The molecule has 172 valence electrons. The lowest BCUT2D eigenvalue weighted by atomic mass is 10.1. The summed E-state index contributed by atoms with van der Waals surface area (Å²) in [6.45, 7) is 2.00. The Labute approximate surface area is 207 Å². The molecule has 35 heavy (non-hydrogen) atoms. The van der Waals surface area contributed by atoms with Crippen LogP contribution in [0.15, 0.2) is 107 Å². The van der Waals surface area contributed by atoms with Crippen molar-refractivity contribution in [2.75, 3.05) is 5.32 Å². The van der Waals surface area contributed by atoms with E-state index in [1.54, 1.807) is 30.1 Å². The van der Waals surface area contributed by atoms with Crippen molar-refractivity contribution in [1.29, 1.82) is 0 Å². The fourth-order valence-electron chi connectivity index (χ4n) is 3.51. The highest BCUT2D eigenvalue weighted by atomic mass is 32.2. The summed E-state index contributed by atoms with van der Waals surface area (Å²) >= 11 is 1.73. The molecule has 0 spiro atoms. The van der Waals surface area contributed by atoms with Gasteiger partial charge in [-0.15, -0.1) is 22.0 Å². The zero-order chi connectivity index (χ0) is 24.0. The van der Waals surface area contributed by atoms with E-state index < -0.39 is 0 Å². The number of amides is 1. The SMILES string of the molecule is Cc1ccccc1-c1nnc(-c2ccc(C(=O)Nc3ccc(SCc4cccnc4)cc3)cc2)o1. The summed E-state index contributed by atoms with van der Waals surface area (Å²) < 4.78 is 5.86. The number of hydrogen-bond donors (Lipinski definition) is 1. The van der Waals surface area contributed by atoms with E-state index in [1.165, 1.54) is 5.56 Å². The Hall–Kier alpha value is -4.23. The van der Waals surface area contributed by atoms with Crippen LogP contribution in [0.1, 0.15) is 21.5 Å². The number of carbonyl (C=O) groups is 1. The first-order valence-electron chi connectivity index (χ1n) is 11.1. The predicted molar refractivity (Wildman–Crippen MR) is 138 cm³/mol. The lowest BCUT2D eigenvalue weighted by Gasteiger charge is -2.07. The molecule has 1 amide bonds. The van der Waals surface area contributed by atoms with Gasteiger partial charge in [0.25, 0.3) is 5.91 Å². The van der Waals surface area contributed by atoms with Crippen LogP contribution in [0.4, 0.5) is 5.69 Å². The second kappa shape index (κ2) is 10.4. The normalized spacial score (nSPS) is 10.8. The molecule has 3 aromatic carbocycles. The quantitative estimate of drug-likeness (QED) is 0.264. The van der Waals surface area contributed by atoms with Crippen molar-refractivity contribution in [1.82, 2.24) is 15.2 Å². The van der Waals surface area contributed by atoms with Crippen LogP contribution in [-0.4, -0.2) is 21.1 Å². The van der Waals surface area contributed by atoms with E-state index in [4.69, 9.17) is 4.42 Å². The zero-order valence-electron chi connectivity index (χ0n) is 19.0. The van der Waals surface area contributed by atoms with Crippen molar-refractivity contribution in [3.63, 3.8) is 0 Å². The molecule has 0 saturated heterocycles. The van der Waals surface area contributed by atoms with Crippen molar-refractivity contribution < 1.29 is 9.21 Å². The van der Waals surface area contributed by atoms with Gasteiger partial charge in [-0.3, -0.25) is 9.78 Å². The number of hydrogen-bond acceptors (Lipinski definition) is 6. The lowest BCUT2D eigenvalue weighted by molar-refractivity contribution is 0.102. The van der Waals surface area contributed by atoms with Crippen LogP contribution in [0.2, 0.25) is 0 Å². The van der Waals surface area contributed by atoms with Gasteiger partial charge in [0, 0.05) is 45.4 Å². The summed E-state index contributed by atoms with van der Waals surface area (Å²) in [5.74, 6) is 1.55. The summed E-state index contributed by atoms with van der Waals surface area (Å²) in [6.07, 6.45) is 3.64. The Bertz CT molecular complexity index is 1430. The van der Waals surface area contributed by atoms with Crippen LogP contribution in [-0.2, 0) is 5.75 Å². The number of rotatable bonds is 7. The van der Waals surface area contributed by atoms with Gasteiger partial charge >= 0.3 is 0 Å². The molecule has 5 aromatic rings. The van der Waals surface area contributed by atoms with E-state index in [9.17, 15) is 4.79 Å². The van der Waals surface area contributed by atoms with Crippen LogP contribution in [0.5, 0.6) is 0 Å². The molecule has 0 atom stereocenters. The molecule has 6 nitrogen and oxygen atoms in total. The minimum atomic E-state index is -0.182. The van der Waals surface area contributed by atoms with Gasteiger partial charge in [0.2, 0.25) is 11.8 Å². The second-order valence-corrected chi connectivity index (χ2v) is 8.98. The molecule has 0 aliphatic rings. The minimum absolute atomic E-state index is 0.182. The monoisotopic (exact) mass is 478 g/mol. The smallest absolute Gasteiger partial charge is 0.255 e. The van der Waals surface area contributed by atoms with Gasteiger partial charge in [-0.2, -0.15) is 0 Å². The molecule has 2 aromatic heterocycles. The van der Waals surface area contributed by atoms with Gasteiger partial charge in [-0.25, -0.2) is 0 Å². The van der Waals surface area contributed by atoms with E-state index in [0.29, 0.717) is 17.3 Å². The summed E-state index contributed by atoms with van der Waals surface area (Å²) in [5, 5.41) is 11.3. The molecule has 0 bridgehead atoms. The number of carbonyl (C=O) groups excluding carboxylic acids is 1. The molecule has 0 radical (unpaired) electrons. The average molecular weight is 479 g/mol. The first-order chi connectivity index (χ1) is 17.2. The average Bonchev–Trinajstić information content (AvgIpc) is 3.39. The molecule has 0 fully saturated rings. The Morgan fingerprint density at radius 1 is 0.886 bits per heavy atom. The van der Waals surface area contributed by atoms with Crippen LogP contribution < -0.4 is 5.32 Å². The third-order valence-electron chi connectivity index (χ3n) is 5.43. The van der Waals surface area contributed by atoms with E-state index in [1.807, 2.05) is 79.9 Å². The van der Waals surface area contributed by atoms with Crippen LogP contribution >= 0.6 is 11.8 Å². The molecule has 0 aliphatic carbocycles. The number of aromatic nitrogens is 3. The lowest BCUT2D eigenvalue weighted by Crippen LogP contribution is -2.11. The van der Waals surface area contributed by atoms with E-state index in [0.717, 1.165) is 33.0 Å². The van der Waals surface area contributed by atoms with Gasteiger partial charge in [0.05, 0.1) is 0 Å². The maximum Gasteiger partial charge on any atom is 0.255 e. The summed E-state index contributed by atoms with van der Waals surface area (Å²) in [5.41, 5.74) is 5.18. The predicted octanol–water partition coefficient (Wildman–Crippen LogP) is 6.65. The van der Waals surface area contributed by atoms with E-state index in [-0.39, 0.29) is 5.91 Å². The highest BCUT2D eigenvalue weighted by Gasteiger charge is 2.13. The van der Waals surface area contributed by atoms with Crippen LogP contribution in [0.3, 0.4) is 0 Å². The van der Waals surface area contributed by atoms with Gasteiger partial charge in [-0.05, 0) is 78.7 Å². The Morgan fingerprint density at radius 3 is 2.40 bits per heavy atom. The van der Waals surface area contributed by atoms with Gasteiger partial charge in [-0.1, -0.05) is 24.3 Å². The zero-order valence-corrected chi connectivity index (χ0v) is 19.8. The van der Waals surface area contributed by atoms with Crippen molar-refractivity contribution in [3.05, 3.63) is 114 Å². The van der Waals surface area contributed by atoms with Crippen molar-refractivity contribution >= 4 is 23.4 Å². The summed E-state index contributed by atoms with van der Waals surface area (Å²) in [6, 6.07) is 26.8. The number of pyridine rings is 1. The van der Waals surface area contributed by atoms with Gasteiger partial charge in [0.15, 0.2) is 0 Å².